The van der Waals surface area contributed by atoms with Gasteiger partial charge in [0.15, 0.2) is 5.75 Å². The molecule has 3 aromatic rings. The van der Waals surface area contributed by atoms with E-state index in [9.17, 15) is 17.7 Å². The third-order valence-corrected chi connectivity index (χ3v) is 7.98. The van der Waals surface area contributed by atoms with Crippen LogP contribution in [0, 0.1) is 5.41 Å². The van der Waals surface area contributed by atoms with Crippen LogP contribution in [0.2, 0.25) is 5.02 Å². The van der Waals surface area contributed by atoms with Gasteiger partial charge in [-0.1, -0.05) is 11.6 Å². The summed E-state index contributed by atoms with van der Waals surface area (Å²) >= 11 is 6.24. The van der Waals surface area contributed by atoms with Crippen LogP contribution in [0.25, 0.3) is 22.4 Å². The van der Waals surface area contributed by atoms with E-state index in [-0.39, 0.29) is 29.2 Å². The van der Waals surface area contributed by atoms with Gasteiger partial charge >= 0.3 is 6.18 Å². The van der Waals surface area contributed by atoms with Crippen LogP contribution in [-0.4, -0.2) is 42.8 Å². The molecule has 4 rings (SSSR count). The van der Waals surface area contributed by atoms with E-state index in [1.165, 1.54) is 15.6 Å². The lowest BCUT2D eigenvalue weighted by atomic mass is 10.0. The maximum absolute atomic E-state index is 12.7. The average molecular weight is 491 g/mol. The van der Waals surface area contributed by atoms with E-state index in [0.29, 0.717) is 21.0 Å². The second-order valence-corrected chi connectivity index (χ2v) is 9.84. The molecule has 0 amide bonds. The number of aromatic nitrogens is 3. The zero-order chi connectivity index (χ0) is 22.6. The van der Waals surface area contributed by atoms with Gasteiger partial charge in [0.25, 0.3) is 11.8 Å². The molecule has 0 aromatic carbocycles. The Hall–Kier alpha value is -2.35. The molecule has 1 aliphatic rings. The average Bonchev–Trinajstić information content (AvgIpc) is 3.33. The van der Waals surface area contributed by atoms with E-state index in [0.717, 1.165) is 12.1 Å². The summed E-state index contributed by atoms with van der Waals surface area (Å²) in [4.78, 5) is 4.90. The van der Waals surface area contributed by atoms with Crippen molar-refractivity contribution in [1.82, 2.24) is 24.8 Å². The predicted molar refractivity (Wildman–Crippen MR) is 110 cm³/mol. The lowest BCUT2D eigenvalue weighted by Gasteiger charge is -2.39. The van der Waals surface area contributed by atoms with Crippen molar-refractivity contribution in [3.05, 3.63) is 39.9 Å². The number of nitrogens with zero attached hydrogens (tertiary/aromatic N) is 4. The predicted octanol–water partition coefficient (Wildman–Crippen LogP) is 3.88. The van der Waals surface area contributed by atoms with Gasteiger partial charge in [-0.2, -0.15) is 17.5 Å². The van der Waals surface area contributed by atoms with E-state index in [1.54, 1.807) is 20.0 Å². The Labute approximate surface area is 186 Å². The van der Waals surface area contributed by atoms with Crippen LogP contribution in [0.4, 0.5) is 13.2 Å². The second kappa shape index (κ2) is 7.65. The van der Waals surface area contributed by atoms with Gasteiger partial charge in [0.1, 0.15) is 11.2 Å². The van der Waals surface area contributed by atoms with E-state index in [1.807, 2.05) is 0 Å². The fourth-order valence-corrected chi connectivity index (χ4v) is 5.72. The smallest absolute Gasteiger partial charge is 0.417 e. The van der Waals surface area contributed by atoms with Crippen LogP contribution in [0.1, 0.15) is 17.4 Å². The summed E-state index contributed by atoms with van der Waals surface area (Å²) < 4.78 is 57.3. The molecule has 14 heteroatoms. The van der Waals surface area contributed by atoms with E-state index >= 15 is 0 Å². The quantitative estimate of drug-likeness (QED) is 0.535. The fraction of sp³-hybridized carbons (Fsp3) is 0.294. The number of halogens is 4. The summed E-state index contributed by atoms with van der Waals surface area (Å²) in [5.74, 6) is 0.284. The third-order valence-electron chi connectivity index (χ3n) is 4.56. The first kappa shape index (κ1) is 21.9. The van der Waals surface area contributed by atoms with Crippen molar-refractivity contribution in [2.24, 2.45) is 0 Å². The highest BCUT2D eigenvalue weighted by Gasteiger charge is 2.44. The highest BCUT2D eigenvalue weighted by Crippen LogP contribution is 2.42. The van der Waals surface area contributed by atoms with Crippen molar-refractivity contribution in [2.45, 2.75) is 18.6 Å². The zero-order valence-electron chi connectivity index (χ0n) is 16.0. The first-order valence-electron chi connectivity index (χ1n) is 8.64. The maximum atomic E-state index is 12.7. The van der Waals surface area contributed by atoms with Gasteiger partial charge in [0.2, 0.25) is 5.96 Å². The number of nitrogens with one attached hydrogen (secondary N) is 2. The summed E-state index contributed by atoms with van der Waals surface area (Å²) in [6.07, 6.45) is -3.80. The molecule has 1 unspecified atom stereocenters. The van der Waals surface area contributed by atoms with Gasteiger partial charge in [0, 0.05) is 6.20 Å². The minimum absolute atomic E-state index is 0.00607. The van der Waals surface area contributed by atoms with Crippen LogP contribution in [-0.2, 0) is 23.1 Å². The molecule has 0 saturated carbocycles. The van der Waals surface area contributed by atoms with Crippen molar-refractivity contribution < 1.29 is 22.1 Å². The van der Waals surface area contributed by atoms with E-state index in [4.69, 9.17) is 21.4 Å². The van der Waals surface area contributed by atoms with Crippen molar-refractivity contribution in [1.29, 1.82) is 5.41 Å². The second-order valence-electron chi connectivity index (χ2n) is 6.90. The molecule has 0 aliphatic carbocycles. The molecule has 164 valence electrons. The molecule has 3 aromatic heterocycles. The Morgan fingerprint density at radius 1 is 1.35 bits per heavy atom. The van der Waals surface area contributed by atoms with Gasteiger partial charge in [0.05, 0.1) is 38.7 Å². The highest BCUT2D eigenvalue weighted by molar-refractivity contribution is 7.89. The summed E-state index contributed by atoms with van der Waals surface area (Å²) in [6.45, 7) is 1.79. The first-order chi connectivity index (χ1) is 14.5. The van der Waals surface area contributed by atoms with E-state index in [2.05, 4.69) is 20.5 Å². The summed E-state index contributed by atoms with van der Waals surface area (Å²) in [5, 5.41) is 19.2. The molecule has 0 spiro atoms. The molecule has 2 atom stereocenters. The lowest BCUT2D eigenvalue weighted by molar-refractivity contribution is -0.137. The number of rotatable bonds is 3. The molecule has 1 fully saturated rings. The van der Waals surface area contributed by atoms with Crippen molar-refractivity contribution >= 4 is 40.3 Å². The summed E-state index contributed by atoms with van der Waals surface area (Å²) in [7, 11) is 1.56. The minimum Gasteiger partial charge on any atom is -0.593 e. The monoisotopic (exact) mass is 490 g/mol. The molecule has 0 bridgehead atoms. The Balaban J connectivity index is 1.61. The van der Waals surface area contributed by atoms with Crippen LogP contribution < -0.4 is 5.32 Å². The number of alkyl halides is 3. The van der Waals surface area contributed by atoms with Gasteiger partial charge in [-0.25, -0.2) is 0 Å². The molecule has 1 aliphatic heterocycles. The van der Waals surface area contributed by atoms with Gasteiger partial charge in [-0.15, -0.1) is 21.5 Å². The fourth-order valence-electron chi connectivity index (χ4n) is 2.91. The first-order valence-corrected chi connectivity index (χ1v) is 11.1. The third kappa shape index (κ3) is 4.10. The Morgan fingerprint density at radius 3 is 2.68 bits per heavy atom. The lowest BCUT2D eigenvalue weighted by Crippen LogP contribution is -2.60. The van der Waals surface area contributed by atoms with Crippen molar-refractivity contribution in [3.63, 3.8) is 0 Å². The number of pyridine rings is 1. The summed E-state index contributed by atoms with van der Waals surface area (Å²) in [5.41, 5.74) is -1.62. The van der Waals surface area contributed by atoms with Crippen LogP contribution >= 0.6 is 22.9 Å². The maximum Gasteiger partial charge on any atom is 0.417 e. The van der Waals surface area contributed by atoms with Gasteiger partial charge in [-0.3, -0.25) is 10.4 Å². The van der Waals surface area contributed by atoms with Crippen molar-refractivity contribution in [2.75, 3.05) is 12.8 Å². The summed E-state index contributed by atoms with van der Waals surface area (Å²) in [6, 6.07) is 3.64. The number of hydrogen-bond donors (Lipinski definition) is 2. The zero-order valence-corrected chi connectivity index (χ0v) is 18.3. The molecule has 4 heterocycles. The largest absolute Gasteiger partial charge is 0.593 e. The Morgan fingerprint density at radius 2 is 2.06 bits per heavy atom. The normalized spacial score (nSPS) is 22.0. The highest BCUT2D eigenvalue weighted by atomic mass is 35.5. The molecular formula is C17H14ClF3N6O2S2. The standard InChI is InChI=1S/C17H14ClF3N6O2S2/c1-16(7-31(28)27(2)15(22)24-16)12-9(18)5-11(30-12)14-26-25-13(29-14)10-4-3-8(6-23-10)17(19,20)21/h3-6H,7H2,1-2H3,(H2,22,24)/t16-,31?/m0/s1. The Kier molecular flexibility index (Phi) is 5.40. The number of thiophene rings is 1. The topological polar surface area (TPSA) is 114 Å². The molecule has 0 radical (unpaired) electrons. The van der Waals surface area contributed by atoms with Crippen LogP contribution in [0.5, 0.6) is 0 Å². The molecule has 31 heavy (non-hydrogen) atoms. The van der Waals surface area contributed by atoms with Gasteiger partial charge in [-0.05, 0) is 25.1 Å². The SMILES string of the molecule is CN1C(=N)N[C@](C)(c2sc(-c3nnc(-c4ccc(C(F)(F)F)cn4)o3)cc2Cl)C[S+]1[O-]. The van der Waals surface area contributed by atoms with Crippen molar-refractivity contribution in [3.8, 4) is 22.4 Å². The van der Waals surface area contributed by atoms with Gasteiger partial charge < -0.3 is 14.3 Å². The van der Waals surface area contributed by atoms with Crippen LogP contribution in [0.15, 0.2) is 28.8 Å². The number of guanidine groups is 1. The molecule has 2 N–H and O–H groups in total. The molecule has 1 saturated heterocycles. The van der Waals surface area contributed by atoms with Crippen LogP contribution in [0.3, 0.4) is 0 Å². The molecular weight excluding hydrogens is 477 g/mol. The number of hydrogen-bond acceptors (Lipinski definition) is 7. The molecule has 8 nitrogen and oxygen atoms in total. The minimum atomic E-state index is -4.49. The Bertz CT molecular complexity index is 1140. The van der Waals surface area contributed by atoms with E-state index < -0.39 is 28.6 Å².